The van der Waals surface area contributed by atoms with E-state index in [-0.39, 0.29) is 18.4 Å². The number of ether oxygens (including phenoxy) is 1. The van der Waals surface area contributed by atoms with Gasteiger partial charge in [0.1, 0.15) is 18.5 Å². The van der Waals surface area contributed by atoms with E-state index in [0.29, 0.717) is 29.4 Å². The van der Waals surface area contributed by atoms with Gasteiger partial charge in [-0.15, -0.1) is 0 Å². The first-order valence-corrected chi connectivity index (χ1v) is 9.25. The zero-order chi connectivity index (χ0) is 19.1. The van der Waals surface area contributed by atoms with Crippen LogP contribution in [-0.4, -0.2) is 34.0 Å². The summed E-state index contributed by atoms with van der Waals surface area (Å²) >= 11 is 2.20. The predicted octanol–water partition coefficient (Wildman–Crippen LogP) is 2.87. The van der Waals surface area contributed by atoms with Crippen molar-refractivity contribution in [3.05, 3.63) is 75.5 Å². The minimum atomic E-state index is -0.176. The molecular formula is C19H16IN5O2. The van der Waals surface area contributed by atoms with Gasteiger partial charge in [-0.05, 0) is 52.9 Å². The zero-order valence-electron chi connectivity index (χ0n) is 14.2. The third-order valence-electron chi connectivity index (χ3n) is 3.82. The molecule has 1 amide bonds. The number of hydrogen-bond donors (Lipinski definition) is 2. The second-order valence-corrected chi connectivity index (χ2v) is 6.94. The van der Waals surface area contributed by atoms with Crippen LogP contribution in [0.3, 0.4) is 0 Å². The van der Waals surface area contributed by atoms with E-state index in [0.717, 1.165) is 3.57 Å². The Bertz CT molecular complexity index is 918. The van der Waals surface area contributed by atoms with Gasteiger partial charge in [-0.1, -0.05) is 0 Å². The lowest BCUT2D eigenvalue weighted by Gasteiger charge is -2.16. The van der Waals surface area contributed by atoms with Gasteiger partial charge in [-0.3, -0.25) is 4.79 Å². The number of nitrogens with one attached hydrogen (secondary N) is 2. The fourth-order valence-electron chi connectivity index (χ4n) is 2.37. The van der Waals surface area contributed by atoms with Crippen molar-refractivity contribution in [1.29, 1.82) is 5.26 Å². The molecule has 0 aliphatic carbocycles. The molecule has 0 fully saturated rings. The number of benzene rings is 1. The van der Waals surface area contributed by atoms with Crippen LogP contribution in [0.15, 0.2) is 55.0 Å². The number of nitrogens with zero attached hydrogens (tertiary/aromatic N) is 3. The molecule has 1 aromatic carbocycles. The van der Waals surface area contributed by atoms with Gasteiger partial charge < -0.3 is 15.0 Å². The van der Waals surface area contributed by atoms with E-state index in [1.165, 1.54) is 6.20 Å². The first-order chi connectivity index (χ1) is 13.2. The van der Waals surface area contributed by atoms with Crippen LogP contribution in [0.1, 0.15) is 27.7 Å². The maximum Gasteiger partial charge on any atom is 0.251 e. The number of carbonyl (C=O) groups excluding carboxylic acids is 1. The number of amides is 1. The van der Waals surface area contributed by atoms with Crippen molar-refractivity contribution >= 4 is 28.5 Å². The lowest BCUT2D eigenvalue weighted by atomic mass is 10.1. The Balaban J connectivity index is 1.62. The summed E-state index contributed by atoms with van der Waals surface area (Å²) in [5.74, 6) is 0.797. The van der Waals surface area contributed by atoms with E-state index < -0.39 is 0 Å². The highest BCUT2D eigenvalue weighted by Crippen LogP contribution is 2.14. The van der Waals surface area contributed by atoms with Crippen LogP contribution in [0, 0.1) is 14.9 Å². The minimum absolute atomic E-state index is 0.153. The molecule has 2 heterocycles. The molecule has 1 atom stereocenters. The van der Waals surface area contributed by atoms with Gasteiger partial charge in [-0.25, -0.2) is 9.97 Å². The summed E-state index contributed by atoms with van der Waals surface area (Å²) in [5, 5.41) is 11.7. The fourth-order valence-corrected chi connectivity index (χ4v) is 2.73. The number of imidazole rings is 1. The number of halogens is 1. The molecule has 1 unspecified atom stereocenters. The number of H-pyrrole nitrogens is 1. The molecule has 0 saturated heterocycles. The number of pyridine rings is 1. The number of aromatic nitrogens is 3. The predicted molar refractivity (Wildman–Crippen MR) is 107 cm³/mol. The molecule has 0 bridgehead atoms. The summed E-state index contributed by atoms with van der Waals surface area (Å²) in [7, 11) is 0. The van der Waals surface area contributed by atoms with Crippen LogP contribution in [-0.2, 0) is 0 Å². The van der Waals surface area contributed by atoms with Crippen molar-refractivity contribution in [3.63, 3.8) is 0 Å². The maximum atomic E-state index is 12.3. The summed E-state index contributed by atoms with van der Waals surface area (Å²) in [5.41, 5.74) is 1.07. The third kappa shape index (κ3) is 5.27. The lowest BCUT2D eigenvalue weighted by molar-refractivity contribution is 0.0948. The fraction of sp³-hybridized carbons (Fsp3) is 0.158. The van der Waals surface area contributed by atoms with Gasteiger partial charge in [0.15, 0.2) is 0 Å². The molecule has 2 aromatic heterocycles. The molecule has 27 heavy (non-hydrogen) atoms. The van der Waals surface area contributed by atoms with E-state index in [1.807, 2.05) is 18.2 Å². The minimum Gasteiger partial charge on any atom is -0.477 e. The van der Waals surface area contributed by atoms with Gasteiger partial charge in [0.2, 0.25) is 5.88 Å². The molecule has 136 valence electrons. The molecule has 3 rings (SSSR count). The lowest BCUT2D eigenvalue weighted by Crippen LogP contribution is -2.31. The molecule has 8 heteroatoms. The van der Waals surface area contributed by atoms with E-state index in [2.05, 4.69) is 42.9 Å². The zero-order valence-corrected chi connectivity index (χ0v) is 16.4. The Morgan fingerprint density at radius 3 is 2.70 bits per heavy atom. The van der Waals surface area contributed by atoms with Crippen LogP contribution in [0.2, 0.25) is 0 Å². The summed E-state index contributed by atoms with van der Waals surface area (Å²) in [6, 6.07) is 12.6. The highest BCUT2D eigenvalue weighted by Gasteiger charge is 2.17. The SMILES string of the molecule is N#Cc1ccc(OCC(CNC(=O)c2ccc(I)cc2)c2ncc[nH]2)nc1. The van der Waals surface area contributed by atoms with Crippen molar-refractivity contribution in [2.45, 2.75) is 5.92 Å². The molecule has 0 aliphatic rings. The Morgan fingerprint density at radius 1 is 1.26 bits per heavy atom. The van der Waals surface area contributed by atoms with E-state index >= 15 is 0 Å². The summed E-state index contributed by atoms with van der Waals surface area (Å²) < 4.78 is 6.78. The van der Waals surface area contributed by atoms with Gasteiger partial charge in [0.25, 0.3) is 5.91 Å². The standard InChI is InChI=1S/C19H16IN5O2/c20-16-4-2-14(3-5-16)19(26)25-11-15(18-22-7-8-23-18)12-27-17-6-1-13(9-21)10-24-17/h1-8,10,15H,11-12H2,(H,22,23)(H,25,26). The van der Waals surface area contributed by atoms with Gasteiger partial charge in [-0.2, -0.15) is 5.26 Å². The number of nitriles is 1. The van der Waals surface area contributed by atoms with Crippen LogP contribution < -0.4 is 10.1 Å². The van der Waals surface area contributed by atoms with Gasteiger partial charge >= 0.3 is 0 Å². The molecule has 0 spiro atoms. The largest absolute Gasteiger partial charge is 0.477 e. The molecule has 0 saturated carbocycles. The number of carbonyl (C=O) groups is 1. The maximum absolute atomic E-state index is 12.3. The van der Waals surface area contributed by atoms with E-state index in [9.17, 15) is 4.79 Å². The Labute approximate surface area is 169 Å². The Kier molecular flexibility index (Phi) is 6.38. The van der Waals surface area contributed by atoms with E-state index in [1.54, 1.807) is 36.7 Å². The molecule has 2 N–H and O–H groups in total. The van der Waals surface area contributed by atoms with E-state index in [4.69, 9.17) is 10.00 Å². The highest BCUT2D eigenvalue weighted by atomic mass is 127. The van der Waals surface area contributed by atoms with Gasteiger partial charge in [0.05, 0.1) is 11.5 Å². The third-order valence-corrected chi connectivity index (χ3v) is 4.54. The average molecular weight is 473 g/mol. The number of aromatic amines is 1. The van der Waals surface area contributed by atoms with Crippen molar-refractivity contribution in [2.75, 3.05) is 13.2 Å². The van der Waals surface area contributed by atoms with Crippen molar-refractivity contribution in [1.82, 2.24) is 20.3 Å². The van der Waals surface area contributed by atoms with Crippen molar-refractivity contribution in [3.8, 4) is 11.9 Å². The monoisotopic (exact) mass is 473 g/mol. The molecule has 7 nitrogen and oxygen atoms in total. The number of rotatable bonds is 7. The quantitative estimate of drug-likeness (QED) is 0.514. The first kappa shape index (κ1) is 18.8. The van der Waals surface area contributed by atoms with Crippen LogP contribution >= 0.6 is 22.6 Å². The molecule has 3 aromatic rings. The second kappa shape index (κ2) is 9.14. The average Bonchev–Trinajstić information content (AvgIpc) is 3.23. The molecule has 0 aliphatic heterocycles. The topological polar surface area (TPSA) is 104 Å². The van der Waals surface area contributed by atoms with Crippen LogP contribution in [0.4, 0.5) is 0 Å². The van der Waals surface area contributed by atoms with Crippen LogP contribution in [0.25, 0.3) is 0 Å². The highest BCUT2D eigenvalue weighted by molar-refractivity contribution is 14.1. The first-order valence-electron chi connectivity index (χ1n) is 8.17. The van der Waals surface area contributed by atoms with Crippen molar-refractivity contribution in [2.24, 2.45) is 0 Å². The number of hydrogen-bond acceptors (Lipinski definition) is 5. The summed E-state index contributed by atoms with van der Waals surface area (Å²) in [4.78, 5) is 23.8. The second-order valence-electron chi connectivity index (χ2n) is 5.70. The summed E-state index contributed by atoms with van der Waals surface area (Å²) in [6.45, 7) is 0.633. The molecular weight excluding hydrogens is 457 g/mol. The normalized spacial score (nSPS) is 11.4. The Hall–Kier alpha value is -2.93. The molecule has 0 radical (unpaired) electrons. The Morgan fingerprint density at radius 2 is 2.07 bits per heavy atom. The smallest absolute Gasteiger partial charge is 0.251 e. The summed E-state index contributed by atoms with van der Waals surface area (Å²) in [6.07, 6.45) is 4.84. The van der Waals surface area contributed by atoms with Gasteiger partial charge in [0, 0.05) is 40.3 Å². The van der Waals surface area contributed by atoms with Crippen LogP contribution in [0.5, 0.6) is 5.88 Å². The van der Waals surface area contributed by atoms with Crippen molar-refractivity contribution < 1.29 is 9.53 Å².